The maximum Gasteiger partial charge on any atom is 0.225 e. The summed E-state index contributed by atoms with van der Waals surface area (Å²) in [5.74, 6) is -0.363. The summed E-state index contributed by atoms with van der Waals surface area (Å²) in [6, 6.07) is 9.37. The smallest absolute Gasteiger partial charge is 0.225 e. The molecule has 1 aliphatic carbocycles. The molecule has 140 valence electrons. The van der Waals surface area contributed by atoms with E-state index in [9.17, 15) is 13.2 Å². The van der Waals surface area contributed by atoms with Crippen LogP contribution in [0, 0.1) is 13.8 Å². The Labute approximate surface area is 154 Å². The lowest BCUT2D eigenvalue weighted by Crippen LogP contribution is -2.24. The van der Waals surface area contributed by atoms with Crippen molar-refractivity contribution < 1.29 is 13.2 Å². The first-order valence-corrected chi connectivity index (χ1v) is 10.7. The zero-order valence-electron chi connectivity index (χ0n) is 15.2. The predicted molar refractivity (Wildman–Crippen MR) is 102 cm³/mol. The minimum Gasteiger partial charge on any atom is -0.326 e. The lowest BCUT2D eigenvalue weighted by Gasteiger charge is -2.11. The minimum absolute atomic E-state index is 0.0109. The third-order valence-electron chi connectivity index (χ3n) is 4.81. The average Bonchev–Trinajstić information content (AvgIpc) is 3.23. The van der Waals surface area contributed by atoms with E-state index in [2.05, 4.69) is 10.4 Å². The molecule has 1 aliphatic rings. The van der Waals surface area contributed by atoms with E-state index in [1.807, 2.05) is 42.8 Å². The molecular formula is C19H25N3O3S. The predicted octanol–water partition coefficient (Wildman–Crippen LogP) is 3.18. The van der Waals surface area contributed by atoms with Crippen molar-refractivity contribution in [1.29, 1.82) is 0 Å². The van der Waals surface area contributed by atoms with Gasteiger partial charge in [-0.15, -0.1) is 0 Å². The molecule has 1 heterocycles. The molecule has 1 aromatic carbocycles. The van der Waals surface area contributed by atoms with E-state index >= 15 is 0 Å². The molecule has 26 heavy (non-hydrogen) atoms. The van der Waals surface area contributed by atoms with Crippen molar-refractivity contribution in [2.45, 2.75) is 51.2 Å². The normalized spacial score (nSPS) is 15.3. The van der Waals surface area contributed by atoms with Crippen LogP contribution in [0.3, 0.4) is 0 Å². The molecule has 0 bridgehead atoms. The quantitative estimate of drug-likeness (QED) is 0.841. The van der Waals surface area contributed by atoms with Gasteiger partial charge in [0.15, 0.2) is 9.84 Å². The number of hydrogen-bond donors (Lipinski definition) is 1. The van der Waals surface area contributed by atoms with Crippen LogP contribution in [0.25, 0.3) is 5.69 Å². The molecule has 6 nitrogen and oxygen atoms in total. The van der Waals surface area contributed by atoms with E-state index in [0.29, 0.717) is 5.69 Å². The van der Waals surface area contributed by atoms with Gasteiger partial charge in [-0.1, -0.05) is 18.9 Å². The van der Waals surface area contributed by atoms with Crippen molar-refractivity contribution >= 4 is 21.4 Å². The number of sulfone groups is 1. The molecule has 2 aromatic rings. The second-order valence-corrected chi connectivity index (χ2v) is 9.36. The number of benzene rings is 1. The van der Waals surface area contributed by atoms with E-state index in [1.165, 1.54) is 0 Å². The lowest BCUT2D eigenvalue weighted by atomic mass is 10.2. The molecule has 3 rings (SSSR count). The Bertz CT molecular complexity index is 897. The van der Waals surface area contributed by atoms with Crippen molar-refractivity contribution in [3.63, 3.8) is 0 Å². The number of carbonyl (C=O) groups excluding carboxylic acids is 1. The van der Waals surface area contributed by atoms with Crippen LogP contribution in [0.15, 0.2) is 30.3 Å². The molecule has 0 aliphatic heterocycles. The summed E-state index contributed by atoms with van der Waals surface area (Å²) in [6.45, 7) is 3.90. The standard InChI is InChI=1S/C19H25N3O3S/c1-14-12-15(2)22(21-14)17-7-5-6-16(13-17)20-19(23)10-11-26(24,25)18-8-3-4-9-18/h5-7,12-13,18H,3-4,8-11H2,1-2H3,(H,20,23). The average molecular weight is 375 g/mol. The SMILES string of the molecule is Cc1cc(C)n(-c2cccc(NC(=O)CCS(=O)(=O)C3CCCC3)c2)n1. The Balaban J connectivity index is 1.63. The van der Waals surface area contributed by atoms with Gasteiger partial charge >= 0.3 is 0 Å². The topological polar surface area (TPSA) is 81.1 Å². The van der Waals surface area contributed by atoms with Crippen LogP contribution in [0.2, 0.25) is 0 Å². The van der Waals surface area contributed by atoms with E-state index in [-0.39, 0.29) is 23.3 Å². The zero-order valence-corrected chi connectivity index (χ0v) is 16.1. The van der Waals surface area contributed by atoms with Gasteiger partial charge in [-0.25, -0.2) is 13.1 Å². The van der Waals surface area contributed by atoms with E-state index in [0.717, 1.165) is 42.8 Å². The van der Waals surface area contributed by atoms with Gasteiger partial charge in [-0.2, -0.15) is 5.10 Å². The Hall–Kier alpha value is -2.15. The largest absolute Gasteiger partial charge is 0.326 e. The molecule has 0 atom stereocenters. The number of amides is 1. The lowest BCUT2D eigenvalue weighted by molar-refractivity contribution is -0.115. The molecule has 0 spiro atoms. The third kappa shape index (κ3) is 4.33. The summed E-state index contributed by atoms with van der Waals surface area (Å²) < 4.78 is 26.4. The highest BCUT2D eigenvalue weighted by molar-refractivity contribution is 7.92. The number of nitrogens with zero attached hydrogens (tertiary/aromatic N) is 2. The van der Waals surface area contributed by atoms with E-state index in [1.54, 1.807) is 6.07 Å². The van der Waals surface area contributed by atoms with Crippen molar-refractivity contribution in [2.24, 2.45) is 0 Å². The van der Waals surface area contributed by atoms with Crippen molar-refractivity contribution in [2.75, 3.05) is 11.1 Å². The summed E-state index contributed by atoms with van der Waals surface area (Å²) in [6.07, 6.45) is 3.39. The molecule has 1 saturated carbocycles. The molecular weight excluding hydrogens is 350 g/mol. The second-order valence-electron chi connectivity index (χ2n) is 6.96. The molecule has 1 aromatic heterocycles. The van der Waals surface area contributed by atoms with Gasteiger partial charge in [-0.05, 0) is 51.0 Å². The maximum atomic E-state index is 12.3. The fourth-order valence-corrected chi connectivity index (χ4v) is 5.33. The number of hydrogen-bond acceptors (Lipinski definition) is 4. The summed E-state index contributed by atoms with van der Waals surface area (Å²) >= 11 is 0. The second kappa shape index (κ2) is 7.61. The molecule has 1 amide bonds. The Kier molecular flexibility index (Phi) is 5.46. The van der Waals surface area contributed by atoms with Gasteiger partial charge in [0.2, 0.25) is 5.91 Å². The number of aryl methyl sites for hydroxylation is 2. The fraction of sp³-hybridized carbons (Fsp3) is 0.474. The van der Waals surface area contributed by atoms with Crippen LogP contribution in [-0.4, -0.2) is 35.1 Å². The van der Waals surface area contributed by atoms with Gasteiger partial charge in [0.1, 0.15) is 0 Å². The monoisotopic (exact) mass is 375 g/mol. The zero-order chi connectivity index (χ0) is 18.7. The van der Waals surface area contributed by atoms with Crippen LogP contribution >= 0.6 is 0 Å². The van der Waals surface area contributed by atoms with Crippen molar-refractivity contribution in [1.82, 2.24) is 9.78 Å². The van der Waals surface area contributed by atoms with Gasteiger partial charge in [-0.3, -0.25) is 4.79 Å². The Morgan fingerprint density at radius 3 is 2.62 bits per heavy atom. The number of nitrogens with one attached hydrogen (secondary N) is 1. The summed E-state index contributed by atoms with van der Waals surface area (Å²) in [5.41, 5.74) is 3.42. The van der Waals surface area contributed by atoms with Crippen molar-refractivity contribution in [3.8, 4) is 5.69 Å². The van der Waals surface area contributed by atoms with E-state index < -0.39 is 9.84 Å². The van der Waals surface area contributed by atoms with Gasteiger partial charge in [0.25, 0.3) is 0 Å². The first-order chi connectivity index (χ1) is 12.3. The van der Waals surface area contributed by atoms with Crippen LogP contribution < -0.4 is 5.32 Å². The number of carbonyl (C=O) groups is 1. The van der Waals surface area contributed by atoms with Crippen LogP contribution in [0.5, 0.6) is 0 Å². The first-order valence-electron chi connectivity index (χ1n) is 9.00. The molecule has 7 heteroatoms. The Morgan fingerprint density at radius 1 is 1.23 bits per heavy atom. The highest BCUT2D eigenvalue weighted by Crippen LogP contribution is 2.25. The van der Waals surface area contributed by atoms with Gasteiger partial charge < -0.3 is 5.32 Å². The highest BCUT2D eigenvalue weighted by atomic mass is 32.2. The fourth-order valence-electron chi connectivity index (χ4n) is 3.48. The van der Waals surface area contributed by atoms with E-state index in [4.69, 9.17) is 0 Å². The molecule has 0 unspecified atom stereocenters. The minimum atomic E-state index is -3.18. The summed E-state index contributed by atoms with van der Waals surface area (Å²) in [5, 5.41) is 6.98. The number of aromatic nitrogens is 2. The number of anilines is 1. The molecule has 1 fully saturated rings. The van der Waals surface area contributed by atoms with Crippen LogP contribution in [0.1, 0.15) is 43.5 Å². The van der Waals surface area contributed by atoms with Crippen LogP contribution in [0.4, 0.5) is 5.69 Å². The first kappa shape index (κ1) is 18.6. The highest BCUT2D eigenvalue weighted by Gasteiger charge is 2.28. The summed E-state index contributed by atoms with van der Waals surface area (Å²) in [7, 11) is -3.18. The third-order valence-corrected chi connectivity index (χ3v) is 7.07. The molecule has 0 radical (unpaired) electrons. The summed E-state index contributed by atoms with van der Waals surface area (Å²) in [4.78, 5) is 12.2. The molecule has 0 saturated heterocycles. The maximum absolute atomic E-state index is 12.3. The van der Waals surface area contributed by atoms with Gasteiger partial charge in [0, 0.05) is 17.8 Å². The van der Waals surface area contributed by atoms with Gasteiger partial charge in [0.05, 0.1) is 22.4 Å². The molecule has 1 N–H and O–H groups in total. The number of rotatable bonds is 6. The van der Waals surface area contributed by atoms with Crippen molar-refractivity contribution in [3.05, 3.63) is 41.7 Å². The van der Waals surface area contributed by atoms with Crippen LogP contribution in [-0.2, 0) is 14.6 Å². The Morgan fingerprint density at radius 2 is 1.96 bits per heavy atom.